The van der Waals surface area contributed by atoms with E-state index in [2.05, 4.69) is 17.1 Å². The van der Waals surface area contributed by atoms with E-state index in [1.54, 1.807) is 6.42 Å². The van der Waals surface area contributed by atoms with Gasteiger partial charge in [-0.3, -0.25) is 4.90 Å². The molecule has 0 aromatic heterocycles. The first-order valence-corrected chi connectivity index (χ1v) is 6.27. The highest BCUT2D eigenvalue weighted by Crippen LogP contribution is 2.53. The second-order valence-corrected chi connectivity index (χ2v) is 5.69. The van der Waals surface area contributed by atoms with Crippen molar-refractivity contribution in [3.05, 3.63) is 0 Å². The molecule has 1 heterocycles. The average molecular weight is 194 g/mol. The van der Waals surface area contributed by atoms with Gasteiger partial charge in [0.1, 0.15) is 0 Å². The largest absolute Gasteiger partial charge is 0.315 e. The maximum atomic E-state index is 3.53. The quantitative estimate of drug-likeness (QED) is 0.677. The Hall–Kier alpha value is -0.0800. The SMILES string of the molecule is CC1CNCCN(C2CC3CC3C2)C1. The molecule has 1 N–H and O–H groups in total. The maximum absolute atomic E-state index is 3.53. The van der Waals surface area contributed by atoms with E-state index in [1.165, 1.54) is 39.0 Å². The van der Waals surface area contributed by atoms with Crippen LogP contribution in [-0.4, -0.2) is 37.1 Å². The molecule has 3 fully saturated rings. The Balaban J connectivity index is 1.59. The minimum Gasteiger partial charge on any atom is -0.315 e. The lowest BCUT2D eigenvalue weighted by Gasteiger charge is -2.29. The van der Waals surface area contributed by atoms with Crippen molar-refractivity contribution in [2.45, 2.75) is 32.2 Å². The molecule has 0 spiro atoms. The minimum atomic E-state index is 0.842. The van der Waals surface area contributed by atoms with Gasteiger partial charge in [0.25, 0.3) is 0 Å². The summed E-state index contributed by atoms with van der Waals surface area (Å²) < 4.78 is 0. The van der Waals surface area contributed by atoms with E-state index in [0.717, 1.165) is 23.8 Å². The molecule has 2 saturated carbocycles. The lowest BCUT2D eigenvalue weighted by molar-refractivity contribution is 0.181. The van der Waals surface area contributed by atoms with Gasteiger partial charge in [0.15, 0.2) is 0 Å². The predicted octanol–water partition coefficient (Wildman–Crippen LogP) is 1.33. The van der Waals surface area contributed by atoms with Gasteiger partial charge in [0, 0.05) is 25.7 Å². The van der Waals surface area contributed by atoms with Gasteiger partial charge in [-0.05, 0) is 43.6 Å². The van der Waals surface area contributed by atoms with E-state index in [0.29, 0.717) is 0 Å². The molecule has 80 valence electrons. The Labute approximate surface area is 87.0 Å². The van der Waals surface area contributed by atoms with Gasteiger partial charge in [0.05, 0.1) is 0 Å². The number of nitrogens with one attached hydrogen (secondary N) is 1. The number of rotatable bonds is 1. The van der Waals surface area contributed by atoms with Crippen LogP contribution in [0.5, 0.6) is 0 Å². The summed E-state index contributed by atoms with van der Waals surface area (Å²) >= 11 is 0. The van der Waals surface area contributed by atoms with Crippen molar-refractivity contribution in [1.82, 2.24) is 10.2 Å². The van der Waals surface area contributed by atoms with Crippen molar-refractivity contribution in [3.8, 4) is 0 Å². The van der Waals surface area contributed by atoms with Gasteiger partial charge in [-0.15, -0.1) is 0 Å². The summed E-state index contributed by atoms with van der Waals surface area (Å²) in [4.78, 5) is 2.76. The first-order chi connectivity index (χ1) is 6.83. The van der Waals surface area contributed by atoms with Crippen molar-refractivity contribution >= 4 is 0 Å². The van der Waals surface area contributed by atoms with Gasteiger partial charge in [-0.25, -0.2) is 0 Å². The Morgan fingerprint density at radius 1 is 1.14 bits per heavy atom. The first kappa shape index (κ1) is 9.17. The Kier molecular flexibility index (Phi) is 2.29. The number of fused-ring (bicyclic) bond motifs is 1. The van der Waals surface area contributed by atoms with Crippen molar-refractivity contribution < 1.29 is 0 Å². The molecular weight excluding hydrogens is 172 g/mol. The monoisotopic (exact) mass is 194 g/mol. The predicted molar refractivity (Wildman–Crippen MR) is 58.2 cm³/mol. The van der Waals surface area contributed by atoms with Crippen molar-refractivity contribution in [2.24, 2.45) is 17.8 Å². The Morgan fingerprint density at radius 3 is 2.71 bits per heavy atom. The summed E-state index contributed by atoms with van der Waals surface area (Å²) in [5.74, 6) is 3.10. The molecule has 3 aliphatic rings. The normalized spacial score (nSPS) is 48.6. The number of hydrogen-bond donors (Lipinski definition) is 1. The molecule has 1 saturated heterocycles. The van der Waals surface area contributed by atoms with Crippen LogP contribution in [-0.2, 0) is 0 Å². The van der Waals surface area contributed by atoms with Crippen molar-refractivity contribution in [2.75, 3.05) is 26.2 Å². The number of hydrogen-bond acceptors (Lipinski definition) is 2. The topological polar surface area (TPSA) is 15.3 Å². The van der Waals surface area contributed by atoms with Crippen LogP contribution in [0.25, 0.3) is 0 Å². The van der Waals surface area contributed by atoms with Gasteiger partial charge >= 0.3 is 0 Å². The fourth-order valence-electron chi connectivity index (χ4n) is 3.44. The third-order valence-corrected chi connectivity index (χ3v) is 4.35. The van der Waals surface area contributed by atoms with Crippen LogP contribution >= 0.6 is 0 Å². The molecule has 2 aliphatic carbocycles. The standard InChI is InChI=1S/C12H22N2/c1-9-7-13-2-3-14(8-9)12-5-10-4-11(10)6-12/h9-13H,2-8H2,1H3. The number of nitrogens with zero attached hydrogens (tertiary/aromatic N) is 1. The highest BCUT2D eigenvalue weighted by molar-refractivity contribution is 5.00. The van der Waals surface area contributed by atoms with E-state index in [4.69, 9.17) is 0 Å². The van der Waals surface area contributed by atoms with Crippen LogP contribution in [0.15, 0.2) is 0 Å². The lowest BCUT2D eigenvalue weighted by Crippen LogP contribution is -2.38. The van der Waals surface area contributed by atoms with E-state index < -0.39 is 0 Å². The van der Waals surface area contributed by atoms with E-state index >= 15 is 0 Å². The molecule has 0 bridgehead atoms. The summed E-state index contributed by atoms with van der Waals surface area (Å²) in [7, 11) is 0. The van der Waals surface area contributed by atoms with Crippen molar-refractivity contribution in [1.29, 1.82) is 0 Å². The molecule has 3 rings (SSSR count). The van der Waals surface area contributed by atoms with Crippen LogP contribution < -0.4 is 5.32 Å². The zero-order valence-corrected chi connectivity index (χ0v) is 9.21. The molecule has 14 heavy (non-hydrogen) atoms. The van der Waals surface area contributed by atoms with E-state index in [1.807, 2.05) is 0 Å². The Bertz CT molecular complexity index is 206. The molecule has 0 aromatic rings. The van der Waals surface area contributed by atoms with Crippen LogP contribution in [0.4, 0.5) is 0 Å². The minimum absolute atomic E-state index is 0.842. The fourth-order valence-corrected chi connectivity index (χ4v) is 3.44. The van der Waals surface area contributed by atoms with Gasteiger partial charge in [0.2, 0.25) is 0 Å². The Morgan fingerprint density at radius 2 is 1.93 bits per heavy atom. The summed E-state index contributed by atoms with van der Waals surface area (Å²) in [6, 6.07) is 0.945. The summed E-state index contributed by atoms with van der Waals surface area (Å²) in [6.07, 6.45) is 4.58. The zero-order valence-electron chi connectivity index (χ0n) is 9.21. The second kappa shape index (κ2) is 3.49. The molecular formula is C12H22N2. The van der Waals surface area contributed by atoms with Crippen molar-refractivity contribution in [3.63, 3.8) is 0 Å². The zero-order chi connectivity index (χ0) is 9.54. The lowest BCUT2D eigenvalue weighted by atomic mass is 10.1. The highest BCUT2D eigenvalue weighted by atomic mass is 15.2. The molecule has 3 atom stereocenters. The molecule has 0 radical (unpaired) electrons. The van der Waals surface area contributed by atoms with Crippen LogP contribution in [0.2, 0.25) is 0 Å². The molecule has 0 aromatic carbocycles. The maximum Gasteiger partial charge on any atom is 0.0110 e. The summed E-state index contributed by atoms with van der Waals surface area (Å²) in [5.41, 5.74) is 0. The molecule has 0 amide bonds. The van der Waals surface area contributed by atoms with Gasteiger partial charge < -0.3 is 5.32 Å². The first-order valence-electron chi connectivity index (χ1n) is 6.27. The molecule has 2 heteroatoms. The van der Waals surface area contributed by atoms with Gasteiger partial charge in [-0.1, -0.05) is 6.92 Å². The summed E-state index contributed by atoms with van der Waals surface area (Å²) in [6.45, 7) is 7.42. The van der Waals surface area contributed by atoms with Gasteiger partial charge in [-0.2, -0.15) is 0 Å². The van der Waals surface area contributed by atoms with Crippen LogP contribution in [0.1, 0.15) is 26.2 Å². The highest BCUT2D eigenvalue weighted by Gasteiger charge is 2.47. The molecule has 1 aliphatic heterocycles. The smallest absolute Gasteiger partial charge is 0.0110 e. The average Bonchev–Trinajstić information content (AvgIpc) is 2.85. The molecule has 2 nitrogen and oxygen atoms in total. The third-order valence-electron chi connectivity index (χ3n) is 4.35. The second-order valence-electron chi connectivity index (χ2n) is 5.69. The van der Waals surface area contributed by atoms with E-state index in [-0.39, 0.29) is 0 Å². The van der Waals surface area contributed by atoms with Crippen LogP contribution in [0, 0.1) is 17.8 Å². The summed E-state index contributed by atoms with van der Waals surface area (Å²) in [5, 5.41) is 3.53. The van der Waals surface area contributed by atoms with Crippen LogP contribution in [0.3, 0.4) is 0 Å². The molecule has 3 unspecified atom stereocenters. The fraction of sp³-hybridized carbons (Fsp3) is 1.00. The third kappa shape index (κ3) is 1.70. The van der Waals surface area contributed by atoms with E-state index in [9.17, 15) is 0 Å².